The van der Waals surface area contributed by atoms with Gasteiger partial charge in [0.25, 0.3) is 5.56 Å². The van der Waals surface area contributed by atoms with Crippen LogP contribution >= 0.6 is 0 Å². The van der Waals surface area contributed by atoms with Gasteiger partial charge in [-0.1, -0.05) is 13.8 Å². The second-order valence-corrected chi connectivity index (χ2v) is 3.93. The van der Waals surface area contributed by atoms with Gasteiger partial charge in [0.05, 0.1) is 12.7 Å². The lowest BCUT2D eigenvalue weighted by Gasteiger charge is -2.00. The van der Waals surface area contributed by atoms with Crippen LogP contribution in [-0.2, 0) is 0 Å². The largest absolute Gasteiger partial charge is 0.478 e. The number of aromatic nitrogens is 3. The van der Waals surface area contributed by atoms with E-state index in [1.165, 1.54) is 10.6 Å². The number of ether oxygens (including phenoxy) is 1. The number of H-pyrrole nitrogens is 1. The molecule has 0 aromatic carbocycles. The molecule has 0 radical (unpaired) electrons. The molecule has 0 aliphatic heterocycles. The second kappa shape index (κ2) is 4.00. The normalized spacial score (nSPS) is 11.2. The van der Waals surface area contributed by atoms with Crippen LogP contribution in [0.1, 0.15) is 32.4 Å². The Morgan fingerprint density at radius 1 is 1.50 bits per heavy atom. The van der Waals surface area contributed by atoms with E-state index in [2.05, 4.69) is 23.9 Å². The van der Waals surface area contributed by atoms with Crippen LogP contribution in [0.15, 0.2) is 16.9 Å². The third kappa shape index (κ3) is 1.80. The van der Waals surface area contributed by atoms with E-state index in [9.17, 15) is 4.79 Å². The first-order valence-electron chi connectivity index (χ1n) is 5.37. The SMILES string of the molecule is CCOc1cc(=O)n2[nH]c(C(C)C)cc2n1. The molecule has 16 heavy (non-hydrogen) atoms. The van der Waals surface area contributed by atoms with Crippen LogP contribution in [0.25, 0.3) is 5.65 Å². The number of rotatable bonds is 3. The van der Waals surface area contributed by atoms with Crippen LogP contribution in [0.5, 0.6) is 5.88 Å². The third-order valence-electron chi connectivity index (χ3n) is 2.36. The van der Waals surface area contributed by atoms with Crippen molar-refractivity contribution in [1.82, 2.24) is 14.6 Å². The number of hydrogen-bond donors (Lipinski definition) is 1. The van der Waals surface area contributed by atoms with Gasteiger partial charge in [-0.05, 0) is 12.8 Å². The summed E-state index contributed by atoms with van der Waals surface area (Å²) in [6.45, 7) is 6.47. The van der Waals surface area contributed by atoms with Gasteiger partial charge in [-0.25, -0.2) is 4.52 Å². The molecule has 1 N–H and O–H groups in total. The molecule has 2 aromatic heterocycles. The van der Waals surface area contributed by atoms with Crippen molar-refractivity contribution < 1.29 is 4.74 Å². The summed E-state index contributed by atoms with van der Waals surface area (Å²) >= 11 is 0. The molecule has 5 nitrogen and oxygen atoms in total. The second-order valence-electron chi connectivity index (χ2n) is 3.93. The first kappa shape index (κ1) is 10.7. The van der Waals surface area contributed by atoms with Gasteiger partial charge in [0.2, 0.25) is 5.88 Å². The highest BCUT2D eigenvalue weighted by atomic mass is 16.5. The Hall–Kier alpha value is -1.78. The lowest BCUT2D eigenvalue weighted by atomic mass is 10.1. The van der Waals surface area contributed by atoms with E-state index in [-0.39, 0.29) is 5.56 Å². The molecule has 5 heteroatoms. The Morgan fingerprint density at radius 3 is 2.88 bits per heavy atom. The van der Waals surface area contributed by atoms with Crippen molar-refractivity contribution in [3.63, 3.8) is 0 Å². The summed E-state index contributed by atoms with van der Waals surface area (Å²) in [6, 6.07) is 3.26. The maximum atomic E-state index is 11.7. The van der Waals surface area contributed by atoms with Crippen molar-refractivity contribution in [2.45, 2.75) is 26.7 Å². The fourth-order valence-corrected chi connectivity index (χ4v) is 1.51. The summed E-state index contributed by atoms with van der Waals surface area (Å²) in [5.41, 5.74) is 1.43. The Balaban J connectivity index is 2.59. The Morgan fingerprint density at radius 2 is 2.25 bits per heavy atom. The van der Waals surface area contributed by atoms with Crippen LogP contribution in [0.3, 0.4) is 0 Å². The first-order chi connectivity index (χ1) is 7.61. The molecule has 0 unspecified atom stereocenters. The minimum Gasteiger partial charge on any atom is -0.478 e. The van der Waals surface area contributed by atoms with Crippen molar-refractivity contribution >= 4 is 5.65 Å². The number of aromatic amines is 1. The van der Waals surface area contributed by atoms with Gasteiger partial charge >= 0.3 is 0 Å². The van der Waals surface area contributed by atoms with Gasteiger partial charge in [-0.3, -0.25) is 9.89 Å². The van der Waals surface area contributed by atoms with Crippen LogP contribution in [0.4, 0.5) is 0 Å². The Kier molecular flexibility index (Phi) is 2.68. The molecule has 2 aromatic rings. The van der Waals surface area contributed by atoms with E-state index in [4.69, 9.17) is 4.74 Å². The average molecular weight is 221 g/mol. The standard InChI is InChI=1S/C11H15N3O2/c1-4-16-10-6-11(15)14-9(12-10)5-8(13-14)7(2)3/h5-7,13H,4H2,1-3H3. The number of hydrogen-bond acceptors (Lipinski definition) is 3. The van der Waals surface area contributed by atoms with Crippen molar-refractivity contribution in [2.75, 3.05) is 6.61 Å². The predicted molar refractivity (Wildman–Crippen MR) is 61.1 cm³/mol. The zero-order valence-corrected chi connectivity index (χ0v) is 9.65. The summed E-state index contributed by atoms with van der Waals surface area (Å²) in [7, 11) is 0. The van der Waals surface area contributed by atoms with Gasteiger partial charge in [-0.15, -0.1) is 0 Å². The zero-order valence-electron chi connectivity index (χ0n) is 9.65. The van der Waals surface area contributed by atoms with E-state index in [0.717, 1.165) is 5.69 Å². The summed E-state index contributed by atoms with van der Waals surface area (Å²) in [4.78, 5) is 16.0. The van der Waals surface area contributed by atoms with Crippen molar-refractivity contribution in [3.05, 3.63) is 28.2 Å². The molecule has 2 heterocycles. The fraction of sp³-hybridized carbons (Fsp3) is 0.455. The Labute approximate surface area is 93.1 Å². The van der Waals surface area contributed by atoms with E-state index in [1.807, 2.05) is 13.0 Å². The van der Waals surface area contributed by atoms with E-state index in [1.54, 1.807) is 0 Å². The van der Waals surface area contributed by atoms with Crippen molar-refractivity contribution in [3.8, 4) is 5.88 Å². The highest BCUT2D eigenvalue weighted by molar-refractivity contribution is 5.41. The van der Waals surface area contributed by atoms with Gasteiger partial charge in [-0.2, -0.15) is 4.98 Å². The highest BCUT2D eigenvalue weighted by Crippen LogP contribution is 2.14. The van der Waals surface area contributed by atoms with Gasteiger partial charge in [0.15, 0.2) is 5.65 Å². The predicted octanol–water partition coefficient (Wildman–Crippen LogP) is 1.54. The van der Waals surface area contributed by atoms with Gasteiger partial charge in [0.1, 0.15) is 0 Å². The lowest BCUT2D eigenvalue weighted by molar-refractivity contribution is 0.326. The van der Waals surface area contributed by atoms with E-state index >= 15 is 0 Å². The molecule has 0 aliphatic rings. The average Bonchev–Trinajstić information content (AvgIpc) is 2.62. The van der Waals surface area contributed by atoms with Gasteiger partial charge < -0.3 is 4.74 Å². The summed E-state index contributed by atoms with van der Waals surface area (Å²) in [5.74, 6) is 0.707. The highest BCUT2D eigenvalue weighted by Gasteiger charge is 2.08. The number of nitrogens with one attached hydrogen (secondary N) is 1. The lowest BCUT2D eigenvalue weighted by Crippen LogP contribution is -2.14. The molecule has 0 amide bonds. The quantitative estimate of drug-likeness (QED) is 0.855. The molecule has 0 saturated heterocycles. The maximum absolute atomic E-state index is 11.7. The molecule has 86 valence electrons. The third-order valence-corrected chi connectivity index (χ3v) is 2.36. The van der Waals surface area contributed by atoms with Crippen LogP contribution in [-0.4, -0.2) is 21.2 Å². The molecule has 0 bridgehead atoms. The monoisotopic (exact) mass is 221 g/mol. The number of fused-ring (bicyclic) bond motifs is 1. The van der Waals surface area contributed by atoms with E-state index in [0.29, 0.717) is 24.1 Å². The van der Waals surface area contributed by atoms with Crippen LogP contribution in [0, 0.1) is 0 Å². The Bertz CT molecular complexity index is 554. The molecule has 0 fully saturated rings. The number of nitrogens with zero attached hydrogens (tertiary/aromatic N) is 2. The van der Waals surface area contributed by atoms with Gasteiger partial charge in [0, 0.05) is 11.8 Å². The molecular weight excluding hydrogens is 206 g/mol. The smallest absolute Gasteiger partial charge is 0.276 e. The first-order valence-corrected chi connectivity index (χ1v) is 5.37. The molecule has 0 atom stereocenters. The topological polar surface area (TPSA) is 59.4 Å². The summed E-state index contributed by atoms with van der Waals surface area (Å²) in [6.07, 6.45) is 0. The maximum Gasteiger partial charge on any atom is 0.276 e. The summed E-state index contributed by atoms with van der Waals surface area (Å²) in [5, 5.41) is 3.02. The molecule has 0 aliphatic carbocycles. The van der Waals surface area contributed by atoms with Crippen LogP contribution in [0.2, 0.25) is 0 Å². The van der Waals surface area contributed by atoms with Crippen molar-refractivity contribution in [2.24, 2.45) is 0 Å². The molecular formula is C11H15N3O2. The molecule has 0 spiro atoms. The van der Waals surface area contributed by atoms with Crippen LogP contribution < -0.4 is 10.3 Å². The van der Waals surface area contributed by atoms with E-state index < -0.39 is 0 Å². The minimum absolute atomic E-state index is 0.152. The van der Waals surface area contributed by atoms with Crippen molar-refractivity contribution in [1.29, 1.82) is 0 Å². The molecule has 0 saturated carbocycles. The summed E-state index contributed by atoms with van der Waals surface area (Å²) < 4.78 is 6.65. The zero-order chi connectivity index (χ0) is 11.7. The molecule has 2 rings (SSSR count). The fourth-order valence-electron chi connectivity index (χ4n) is 1.51. The minimum atomic E-state index is -0.152.